The number of rotatable bonds is 10. The van der Waals surface area contributed by atoms with Crippen LogP contribution in [0.1, 0.15) is 27.8 Å². The molecular weight excluding hydrogens is 530 g/mol. The number of nitrogens with two attached hydrogens (primary N) is 1. The van der Waals surface area contributed by atoms with Gasteiger partial charge < -0.3 is 20.5 Å². The van der Waals surface area contributed by atoms with Gasteiger partial charge in [-0.1, -0.05) is 97.1 Å². The first-order valence-corrected chi connectivity index (χ1v) is 13.9. The average Bonchev–Trinajstić information content (AvgIpc) is 3.03. The minimum absolute atomic E-state index is 0.0845. The fourth-order valence-electron chi connectivity index (χ4n) is 4.94. The fraction of sp³-hybridized carbons (Fsp3) is 0.206. The Bertz CT molecular complexity index is 1510. The maximum atomic E-state index is 13.6. The highest BCUT2D eigenvalue weighted by molar-refractivity contribution is 5.91. The second-order valence-electron chi connectivity index (χ2n) is 10.2. The molecule has 0 fully saturated rings. The number of carbonyl (C=O) groups excluding carboxylic acids is 3. The van der Waals surface area contributed by atoms with Crippen LogP contribution in [0.25, 0.3) is 0 Å². The van der Waals surface area contributed by atoms with E-state index in [1.54, 1.807) is 0 Å². The van der Waals surface area contributed by atoms with Crippen LogP contribution in [0, 0.1) is 0 Å². The Morgan fingerprint density at radius 1 is 0.762 bits per heavy atom. The Hall–Kier alpha value is -5.11. The molecule has 0 bridgehead atoms. The zero-order valence-corrected chi connectivity index (χ0v) is 23.1. The molecule has 0 aliphatic carbocycles. The van der Waals surface area contributed by atoms with Gasteiger partial charge in [-0.05, 0) is 39.9 Å². The van der Waals surface area contributed by atoms with Crippen molar-refractivity contribution in [3.8, 4) is 5.75 Å². The van der Waals surface area contributed by atoms with Gasteiger partial charge in [0, 0.05) is 12.8 Å². The molecule has 5 rings (SSSR count). The van der Waals surface area contributed by atoms with Crippen LogP contribution in [0.2, 0.25) is 0 Å². The van der Waals surface area contributed by atoms with Crippen molar-refractivity contribution in [1.29, 1.82) is 0 Å². The van der Waals surface area contributed by atoms with E-state index in [-0.39, 0.29) is 19.6 Å². The highest BCUT2D eigenvalue weighted by Crippen LogP contribution is 2.25. The van der Waals surface area contributed by atoms with Gasteiger partial charge >= 0.3 is 6.09 Å². The Morgan fingerprint density at radius 3 is 2.00 bits per heavy atom. The third-order valence-electron chi connectivity index (χ3n) is 7.26. The van der Waals surface area contributed by atoms with Crippen LogP contribution >= 0.6 is 0 Å². The molecule has 8 heteroatoms. The SMILES string of the molecule is NC(=O)[C@@H](Cc1ccc(OCc2ccccc2)cc1)NC(=O)[C@@H]1Cc2ccccc2CN1C(=O)OCc1ccccc1. The van der Waals surface area contributed by atoms with Gasteiger partial charge in [0.2, 0.25) is 11.8 Å². The number of nitrogens with one attached hydrogen (secondary N) is 1. The summed E-state index contributed by atoms with van der Waals surface area (Å²) in [5.74, 6) is -0.442. The van der Waals surface area contributed by atoms with E-state index in [2.05, 4.69) is 5.32 Å². The maximum absolute atomic E-state index is 13.6. The molecule has 0 spiro atoms. The predicted octanol–water partition coefficient (Wildman–Crippen LogP) is 4.54. The lowest BCUT2D eigenvalue weighted by atomic mass is 9.93. The molecule has 4 aromatic carbocycles. The van der Waals surface area contributed by atoms with Crippen molar-refractivity contribution >= 4 is 17.9 Å². The van der Waals surface area contributed by atoms with E-state index in [0.717, 1.165) is 27.8 Å². The number of ether oxygens (including phenoxy) is 2. The van der Waals surface area contributed by atoms with E-state index >= 15 is 0 Å². The van der Waals surface area contributed by atoms with Crippen molar-refractivity contribution in [2.24, 2.45) is 5.73 Å². The summed E-state index contributed by atoms with van der Waals surface area (Å²) in [7, 11) is 0. The molecule has 0 saturated carbocycles. The number of hydrogen-bond donors (Lipinski definition) is 2. The molecule has 1 aliphatic rings. The van der Waals surface area contributed by atoms with Gasteiger partial charge in [0.05, 0.1) is 6.54 Å². The molecule has 2 atom stereocenters. The Kier molecular flexibility index (Phi) is 9.13. The van der Waals surface area contributed by atoms with Crippen LogP contribution in [0.3, 0.4) is 0 Å². The lowest BCUT2D eigenvalue weighted by Gasteiger charge is -2.35. The lowest BCUT2D eigenvalue weighted by molar-refractivity contribution is -0.131. The van der Waals surface area contributed by atoms with E-state index in [0.29, 0.717) is 18.8 Å². The summed E-state index contributed by atoms with van der Waals surface area (Å²) >= 11 is 0. The number of carbonyl (C=O) groups is 3. The van der Waals surface area contributed by atoms with E-state index in [1.165, 1.54) is 4.90 Å². The fourth-order valence-corrected chi connectivity index (χ4v) is 4.94. The van der Waals surface area contributed by atoms with Crippen molar-refractivity contribution < 1.29 is 23.9 Å². The molecule has 8 nitrogen and oxygen atoms in total. The van der Waals surface area contributed by atoms with Crippen LogP contribution in [-0.4, -0.2) is 34.9 Å². The molecular formula is C34H33N3O5. The van der Waals surface area contributed by atoms with Gasteiger partial charge in [0.25, 0.3) is 0 Å². The quantitative estimate of drug-likeness (QED) is 0.294. The maximum Gasteiger partial charge on any atom is 0.411 e. The van der Waals surface area contributed by atoms with Crippen molar-refractivity contribution in [2.45, 2.75) is 44.7 Å². The van der Waals surface area contributed by atoms with Crippen LogP contribution < -0.4 is 15.8 Å². The Balaban J connectivity index is 1.25. The lowest BCUT2D eigenvalue weighted by Crippen LogP contribution is -2.56. The molecule has 1 aliphatic heterocycles. The van der Waals surface area contributed by atoms with E-state index in [9.17, 15) is 14.4 Å². The second-order valence-corrected chi connectivity index (χ2v) is 10.2. The van der Waals surface area contributed by atoms with Crippen LogP contribution in [-0.2, 0) is 46.9 Å². The first-order valence-electron chi connectivity index (χ1n) is 13.9. The Morgan fingerprint density at radius 2 is 1.36 bits per heavy atom. The number of benzene rings is 4. The average molecular weight is 564 g/mol. The molecule has 0 aromatic heterocycles. The molecule has 0 radical (unpaired) electrons. The smallest absolute Gasteiger partial charge is 0.411 e. The van der Waals surface area contributed by atoms with Gasteiger partial charge in [-0.3, -0.25) is 14.5 Å². The van der Waals surface area contributed by atoms with Gasteiger partial charge in [-0.15, -0.1) is 0 Å². The number of primary amides is 1. The molecule has 214 valence electrons. The third kappa shape index (κ3) is 7.34. The summed E-state index contributed by atoms with van der Waals surface area (Å²) in [5.41, 5.74) is 10.3. The third-order valence-corrected chi connectivity index (χ3v) is 7.26. The standard InChI is InChI=1S/C34H33N3O5/c35-32(38)30(19-24-15-17-29(18-16-24)41-22-25-9-3-1-4-10-25)36-33(39)31-20-27-13-7-8-14-28(27)21-37(31)34(40)42-23-26-11-5-2-6-12-26/h1-18,30-31H,19-23H2,(H2,35,38)(H,36,39)/t30-,31+/m1/s1. The van der Waals surface area contributed by atoms with Crippen molar-refractivity contribution in [3.63, 3.8) is 0 Å². The molecule has 0 saturated heterocycles. The zero-order chi connectivity index (χ0) is 29.3. The molecule has 42 heavy (non-hydrogen) atoms. The molecule has 3 N–H and O–H groups in total. The monoisotopic (exact) mass is 563 g/mol. The van der Waals surface area contributed by atoms with Crippen molar-refractivity contribution in [1.82, 2.24) is 10.2 Å². The largest absolute Gasteiger partial charge is 0.489 e. The first-order chi connectivity index (χ1) is 20.5. The van der Waals surface area contributed by atoms with Gasteiger partial charge in [0.1, 0.15) is 31.0 Å². The van der Waals surface area contributed by atoms with E-state index in [4.69, 9.17) is 15.2 Å². The minimum atomic E-state index is -0.965. The van der Waals surface area contributed by atoms with Crippen LogP contribution in [0.5, 0.6) is 5.75 Å². The summed E-state index contributed by atoms with van der Waals surface area (Å²) < 4.78 is 11.4. The highest BCUT2D eigenvalue weighted by atomic mass is 16.6. The minimum Gasteiger partial charge on any atom is -0.489 e. The summed E-state index contributed by atoms with van der Waals surface area (Å²) in [6.07, 6.45) is -0.112. The van der Waals surface area contributed by atoms with Gasteiger partial charge in [-0.2, -0.15) is 0 Å². The van der Waals surface area contributed by atoms with Crippen LogP contribution in [0.15, 0.2) is 109 Å². The summed E-state index contributed by atoms with van der Waals surface area (Å²) in [6, 6.07) is 32.4. The first kappa shape index (κ1) is 28.4. The topological polar surface area (TPSA) is 111 Å². The number of fused-ring (bicyclic) bond motifs is 1. The van der Waals surface area contributed by atoms with Gasteiger partial charge in [-0.25, -0.2) is 4.79 Å². The Labute approximate surface area is 245 Å². The van der Waals surface area contributed by atoms with Gasteiger partial charge in [0.15, 0.2) is 0 Å². The van der Waals surface area contributed by atoms with Crippen molar-refractivity contribution in [2.75, 3.05) is 0 Å². The summed E-state index contributed by atoms with van der Waals surface area (Å²) in [4.78, 5) is 40.6. The molecule has 4 aromatic rings. The molecule has 3 amide bonds. The van der Waals surface area contributed by atoms with Crippen LogP contribution in [0.4, 0.5) is 4.79 Å². The zero-order valence-electron chi connectivity index (χ0n) is 23.1. The van der Waals surface area contributed by atoms with Crippen molar-refractivity contribution in [3.05, 3.63) is 137 Å². The predicted molar refractivity (Wildman–Crippen MR) is 158 cm³/mol. The van der Waals surface area contributed by atoms with E-state index < -0.39 is 30.0 Å². The molecule has 1 heterocycles. The second kappa shape index (κ2) is 13.5. The number of amides is 3. The summed E-state index contributed by atoms with van der Waals surface area (Å²) in [6.45, 7) is 0.740. The normalized spacial score (nSPS) is 14.8. The molecule has 0 unspecified atom stereocenters. The van der Waals surface area contributed by atoms with E-state index in [1.807, 2.05) is 109 Å². The number of hydrogen-bond acceptors (Lipinski definition) is 5. The summed E-state index contributed by atoms with van der Waals surface area (Å²) in [5, 5.41) is 2.79. The number of nitrogens with zero attached hydrogens (tertiary/aromatic N) is 1. The highest BCUT2D eigenvalue weighted by Gasteiger charge is 2.37.